The van der Waals surface area contributed by atoms with Crippen LogP contribution in [0.25, 0.3) is 0 Å². The molecule has 0 saturated carbocycles. The third-order valence-corrected chi connectivity index (χ3v) is 2.27. The highest BCUT2D eigenvalue weighted by Gasteiger charge is 2.04. The van der Waals surface area contributed by atoms with Crippen LogP contribution in [0.4, 0.5) is 0 Å². The summed E-state index contributed by atoms with van der Waals surface area (Å²) in [6.45, 7) is 3.80. The lowest BCUT2D eigenvalue weighted by Gasteiger charge is -2.15. The summed E-state index contributed by atoms with van der Waals surface area (Å²) in [6, 6.07) is 5.39. The number of aromatic hydroxyl groups is 1. The predicted octanol–water partition coefficient (Wildman–Crippen LogP) is 1.85. The Hall–Kier alpha value is -1.22. The van der Waals surface area contributed by atoms with Gasteiger partial charge in [0.2, 0.25) is 0 Å². The van der Waals surface area contributed by atoms with E-state index < -0.39 is 0 Å². The first-order valence-corrected chi connectivity index (χ1v) is 4.71. The monoisotopic (exact) mass is 195 g/mol. The molecule has 3 nitrogen and oxygen atoms in total. The molecule has 0 aliphatic heterocycles. The van der Waals surface area contributed by atoms with Crippen LogP contribution in [0.3, 0.4) is 0 Å². The standard InChI is InChI=1S/C11H17NO2/c1-4-12(2)8-9-5-6-10(14-3)7-11(9)13/h5-7,13H,4,8H2,1-3H3. The molecule has 0 spiro atoms. The van der Waals surface area contributed by atoms with Crippen LogP contribution in [0.1, 0.15) is 12.5 Å². The SMILES string of the molecule is CCN(C)Cc1ccc(OC)cc1O. The molecule has 1 rings (SSSR count). The molecule has 1 aromatic carbocycles. The third kappa shape index (κ3) is 2.64. The van der Waals surface area contributed by atoms with Crippen LogP contribution in [-0.4, -0.2) is 30.7 Å². The van der Waals surface area contributed by atoms with Crippen molar-refractivity contribution in [2.75, 3.05) is 20.7 Å². The summed E-state index contributed by atoms with van der Waals surface area (Å²) in [7, 11) is 3.61. The number of benzene rings is 1. The van der Waals surface area contributed by atoms with E-state index in [0.717, 1.165) is 18.7 Å². The van der Waals surface area contributed by atoms with E-state index in [-0.39, 0.29) is 0 Å². The summed E-state index contributed by atoms with van der Waals surface area (Å²) in [4.78, 5) is 2.13. The molecule has 1 N–H and O–H groups in total. The molecule has 0 radical (unpaired) electrons. The largest absolute Gasteiger partial charge is 0.507 e. The van der Waals surface area contributed by atoms with Gasteiger partial charge in [0.1, 0.15) is 11.5 Å². The van der Waals surface area contributed by atoms with Crippen LogP contribution in [0.15, 0.2) is 18.2 Å². The lowest BCUT2D eigenvalue weighted by Crippen LogP contribution is -2.16. The molecule has 0 bridgehead atoms. The molecule has 0 aliphatic carbocycles. The predicted molar refractivity (Wildman–Crippen MR) is 56.7 cm³/mol. The van der Waals surface area contributed by atoms with Gasteiger partial charge >= 0.3 is 0 Å². The Balaban J connectivity index is 2.78. The zero-order valence-electron chi connectivity index (χ0n) is 8.95. The van der Waals surface area contributed by atoms with Crippen molar-refractivity contribution in [2.45, 2.75) is 13.5 Å². The molecular weight excluding hydrogens is 178 g/mol. The van der Waals surface area contributed by atoms with Gasteiger partial charge in [-0.25, -0.2) is 0 Å². The van der Waals surface area contributed by atoms with Gasteiger partial charge in [0.05, 0.1) is 7.11 Å². The Labute approximate surface area is 84.9 Å². The molecule has 0 unspecified atom stereocenters. The smallest absolute Gasteiger partial charge is 0.123 e. The first-order chi connectivity index (χ1) is 6.67. The lowest BCUT2D eigenvalue weighted by molar-refractivity contribution is 0.336. The van der Waals surface area contributed by atoms with Crippen molar-refractivity contribution in [3.05, 3.63) is 23.8 Å². The van der Waals surface area contributed by atoms with Gasteiger partial charge in [0.25, 0.3) is 0 Å². The van der Waals surface area contributed by atoms with Crippen LogP contribution in [0.5, 0.6) is 11.5 Å². The summed E-state index contributed by atoms with van der Waals surface area (Å²) >= 11 is 0. The molecule has 0 aromatic heterocycles. The average molecular weight is 195 g/mol. The molecule has 0 heterocycles. The lowest BCUT2D eigenvalue weighted by atomic mass is 10.2. The van der Waals surface area contributed by atoms with E-state index >= 15 is 0 Å². The molecule has 0 saturated heterocycles. The van der Waals surface area contributed by atoms with E-state index in [1.807, 2.05) is 19.2 Å². The van der Waals surface area contributed by atoms with Crippen molar-refractivity contribution in [3.63, 3.8) is 0 Å². The van der Waals surface area contributed by atoms with Crippen LogP contribution < -0.4 is 4.74 Å². The van der Waals surface area contributed by atoms with Gasteiger partial charge in [0, 0.05) is 18.2 Å². The Morgan fingerprint density at radius 3 is 2.64 bits per heavy atom. The second-order valence-electron chi connectivity index (χ2n) is 3.33. The summed E-state index contributed by atoms with van der Waals surface area (Å²) in [5, 5.41) is 9.66. The molecule has 1 aromatic rings. The van der Waals surface area contributed by atoms with E-state index in [1.54, 1.807) is 13.2 Å². The van der Waals surface area contributed by atoms with Gasteiger partial charge in [0.15, 0.2) is 0 Å². The van der Waals surface area contributed by atoms with Crippen molar-refractivity contribution in [1.29, 1.82) is 0 Å². The maximum Gasteiger partial charge on any atom is 0.123 e. The zero-order chi connectivity index (χ0) is 10.6. The average Bonchev–Trinajstić information content (AvgIpc) is 2.20. The van der Waals surface area contributed by atoms with Gasteiger partial charge in [-0.15, -0.1) is 0 Å². The fourth-order valence-electron chi connectivity index (χ4n) is 1.21. The van der Waals surface area contributed by atoms with Crippen LogP contribution in [0.2, 0.25) is 0 Å². The second-order valence-corrected chi connectivity index (χ2v) is 3.33. The van der Waals surface area contributed by atoms with Crippen molar-refractivity contribution in [2.24, 2.45) is 0 Å². The number of rotatable bonds is 4. The number of nitrogens with zero attached hydrogens (tertiary/aromatic N) is 1. The highest BCUT2D eigenvalue weighted by atomic mass is 16.5. The van der Waals surface area contributed by atoms with Crippen LogP contribution >= 0.6 is 0 Å². The minimum absolute atomic E-state index is 0.296. The zero-order valence-corrected chi connectivity index (χ0v) is 8.95. The molecule has 0 aliphatic rings. The van der Waals surface area contributed by atoms with Crippen LogP contribution in [0, 0.1) is 0 Å². The molecule has 0 atom stereocenters. The van der Waals surface area contributed by atoms with Gasteiger partial charge < -0.3 is 14.7 Å². The minimum atomic E-state index is 0.296. The molecular formula is C11H17NO2. The second kappa shape index (κ2) is 4.86. The highest BCUT2D eigenvalue weighted by molar-refractivity contribution is 5.39. The molecule has 0 fully saturated rings. The van der Waals surface area contributed by atoms with E-state index in [9.17, 15) is 5.11 Å². The van der Waals surface area contributed by atoms with Crippen molar-refractivity contribution < 1.29 is 9.84 Å². The number of methoxy groups -OCH3 is 1. The van der Waals surface area contributed by atoms with Gasteiger partial charge in [-0.05, 0) is 19.7 Å². The van der Waals surface area contributed by atoms with E-state index in [2.05, 4.69) is 11.8 Å². The molecule has 3 heteroatoms. The van der Waals surface area contributed by atoms with Gasteiger partial charge in [-0.1, -0.05) is 13.0 Å². The van der Waals surface area contributed by atoms with Crippen molar-refractivity contribution in [3.8, 4) is 11.5 Å². The maximum absolute atomic E-state index is 9.66. The maximum atomic E-state index is 9.66. The first kappa shape index (κ1) is 10.9. The number of phenolic OH excluding ortho intramolecular Hbond substituents is 1. The fourth-order valence-corrected chi connectivity index (χ4v) is 1.21. The Morgan fingerprint density at radius 2 is 2.14 bits per heavy atom. The quantitative estimate of drug-likeness (QED) is 0.796. The topological polar surface area (TPSA) is 32.7 Å². The summed E-state index contributed by atoms with van der Waals surface area (Å²) in [6.07, 6.45) is 0. The first-order valence-electron chi connectivity index (χ1n) is 4.71. The number of ether oxygens (including phenoxy) is 1. The number of hydrogen-bond donors (Lipinski definition) is 1. The van der Waals surface area contributed by atoms with E-state index in [4.69, 9.17) is 4.74 Å². The van der Waals surface area contributed by atoms with Gasteiger partial charge in [-0.2, -0.15) is 0 Å². The van der Waals surface area contributed by atoms with Crippen LogP contribution in [-0.2, 0) is 6.54 Å². The number of phenols is 1. The Bertz CT molecular complexity index is 299. The minimum Gasteiger partial charge on any atom is -0.507 e. The van der Waals surface area contributed by atoms with E-state index in [1.165, 1.54) is 0 Å². The molecule has 14 heavy (non-hydrogen) atoms. The third-order valence-electron chi connectivity index (χ3n) is 2.27. The van der Waals surface area contributed by atoms with Crippen molar-refractivity contribution >= 4 is 0 Å². The van der Waals surface area contributed by atoms with Crippen molar-refractivity contribution in [1.82, 2.24) is 4.90 Å². The Morgan fingerprint density at radius 1 is 1.43 bits per heavy atom. The molecule has 78 valence electrons. The Kier molecular flexibility index (Phi) is 3.77. The summed E-state index contributed by atoms with van der Waals surface area (Å²) < 4.78 is 5.01. The number of hydrogen-bond acceptors (Lipinski definition) is 3. The fraction of sp³-hybridized carbons (Fsp3) is 0.455. The highest BCUT2D eigenvalue weighted by Crippen LogP contribution is 2.24. The van der Waals surface area contributed by atoms with Gasteiger partial charge in [-0.3, -0.25) is 0 Å². The summed E-state index contributed by atoms with van der Waals surface area (Å²) in [5.41, 5.74) is 0.926. The normalized spacial score (nSPS) is 10.6. The molecule has 0 amide bonds. The van der Waals surface area contributed by atoms with E-state index in [0.29, 0.717) is 11.5 Å². The summed E-state index contributed by atoms with van der Waals surface area (Å²) in [5.74, 6) is 0.982.